The summed E-state index contributed by atoms with van der Waals surface area (Å²) in [6.45, 7) is 4.76. The summed E-state index contributed by atoms with van der Waals surface area (Å²) >= 11 is 0. The summed E-state index contributed by atoms with van der Waals surface area (Å²) in [4.78, 5) is 15.4. The summed E-state index contributed by atoms with van der Waals surface area (Å²) < 4.78 is 2.17. The molecule has 1 aromatic rings. The molecule has 0 spiro atoms. The Bertz CT molecular complexity index is 374. The minimum absolute atomic E-state index is 0.171. The Balaban J connectivity index is 1.74. The van der Waals surface area contributed by atoms with E-state index in [0.717, 1.165) is 38.3 Å². The third-order valence-electron chi connectivity index (χ3n) is 3.03. The van der Waals surface area contributed by atoms with Crippen LogP contribution in [0.1, 0.15) is 32.0 Å². The lowest BCUT2D eigenvalue weighted by atomic mass is 10.2. The smallest absolute Gasteiger partial charge is 0.220 e. The number of hydrogen-bond acceptors (Lipinski definition) is 3. The van der Waals surface area contributed by atoms with Crippen LogP contribution in [0.15, 0.2) is 12.4 Å². The molecule has 1 aromatic heterocycles. The van der Waals surface area contributed by atoms with Crippen molar-refractivity contribution in [3.8, 4) is 0 Å². The van der Waals surface area contributed by atoms with Crippen molar-refractivity contribution in [3.05, 3.63) is 18.2 Å². The topological polar surface area (TPSA) is 59.0 Å². The Hall–Kier alpha value is -1.36. The Labute approximate surface area is 102 Å². The first-order valence-corrected chi connectivity index (χ1v) is 6.29. The van der Waals surface area contributed by atoms with Crippen molar-refractivity contribution in [1.29, 1.82) is 0 Å². The van der Waals surface area contributed by atoms with Crippen molar-refractivity contribution in [1.82, 2.24) is 20.2 Å². The van der Waals surface area contributed by atoms with Crippen molar-refractivity contribution >= 4 is 5.91 Å². The highest BCUT2D eigenvalue weighted by Gasteiger charge is 2.19. The largest absolute Gasteiger partial charge is 0.352 e. The van der Waals surface area contributed by atoms with Gasteiger partial charge in [-0.2, -0.15) is 0 Å². The molecule has 0 bridgehead atoms. The van der Waals surface area contributed by atoms with Gasteiger partial charge >= 0.3 is 0 Å². The third-order valence-corrected chi connectivity index (χ3v) is 3.03. The SMILES string of the molecule is CCCn1ccnc1CNCC1CCC(=O)N1. The number of rotatable bonds is 6. The van der Waals surface area contributed by atoms with Crippen molar-refractivity contribution in [3.63, 3.8) is 0 Å². The van der Waals surface area contributed by atoms with Crippen LogP contribution in [-0.2, 0) is 17.9 Å². The Morgan fingerprint density at radius 1 is 1.65 bits per heavy atom. The molecule has 0 radical (unpaired) electrons. The zero-order valence-electron chi connectivity index (χ0n) is 10.3. The van der Waals surface area contributed by atoms with Gasteiger partial charge in [0.05, 0.1) is 6.54 Å². The van der Waals surface area contributed by atoms with Crippen LogP contribution in [0.5, 0.6) is 0 Å². The van der Waals surface area contributed by atoms with Gasteiger partial charge in [0.25, 0.3) is 0 Å². The zero-order valence-corrected chi connectivity index (χ0v) is 10.3. The molecule has 1 saturated heterocycles. The van der Waals surface area contributed by atoms with Crippen LogP contribution in [-0.4, -0.2) is 28.0 Å². The first-order chi connectivity index (χ1) is 8.29. The third kappa shape index (κ3) is 3.30. The predicted octanol–water partition coefficient (Wildman–Crippen LogP) is 0.661. The molecule has 1 aliphatic rings. The number of nitrogens with one attached hydrogen (secondary N) is 2. The first-order valence-electron chi connectivity index (χ1n) is 6.29. The summed E-state index contributed by atoms with van der Waals surface area (Å²) in [5.74, 6) is 1.24. The van der Waals surface area contributed by atoms with Crippen molar-refractivity contribution in [2.75, 3.05) is 6.54 Å². The molecule has 1 fully saturated rings. The molecule has 1 unspecified atom stereocenters. The van der Waals surface area contributed by atoms with Crippen molar-refractivity contribution < 1.29 is 4.79 Å². The van der Waals surface area contributed by atoms with Crippen LogP contribution < -0.4 is 10.6 Å². The maximum atomic E-state index is 11.0. The van der Waals surface area contributed by atoms with Gasteiger partial charge in [-0.25, -0.2) is 4.98 Å². The fraction of sp³-hybridized carbons (Fsp3) is 0.667. The second kappa shape index (κ2) is 5.82. The summed E-state index contributed by atoms with van der Waals surface area (Å²) in [6.07, 6.45) is 6.57. The fourth-order valence-corrected chi connectivity index (χ4v) is 2.14. The Morgan fingerprint density at radius 2 is 2.53 bits per heavy atom. The summed E-state index contributed by atoms with van der Waals surface area (Å²) in [5, 5.41) is 6.30. The van der Waals surface area contributed by atoms with E-state index in [-0.39, 0.29) is 11.9 Å². The quantitative estimate of drug-likeness (QED) is 0.763. The van der Waals surface area contributed by atoms with Crippen LogP contribution >= 0.6 is 0 Å². The van der Waals surface area contributed by atoms with Gasteiger partial charge in [-0.3, -0.25) is 4.79 Å². The molecule has 1 aliphatic heterocycles. The second-order valence-electron chi connectivity index (χ2n) is 4.47. The van der Waals surface area contributed by atoms with Gasteiger partial charge in [0.2, 0.25) is 5.91 Å². The van der Waals surface area contributed by atoms with E-state index in [9.17, 15) is 4.79 Å². The van der Waals surface area contributed by atoms with Gasteiger partial charge < -0.3 is 15.2 Å². The molecule has 0 aliphatic carbocycles. The first kappa shape index (κ1) is 12.1. The van der Waals surface area contributed by atoms with Gasteiger partial charge in [-0.05, 0) is 12.8 Å². The summed E-state index contributed by atoms with van der Waals surface area (Å²) in [6, 6.07) is 0.289. The van der Waals surface area contributed by atoms with Crippen LogP contribution in [0, 0.1) is 0 Å². The maximum Gasteiger partial charge on any atom is 0.220 e. The lowest BCUT2D eigenvalue weighted by Crippen LogP contribution is -2.35. The van der Waals surface area contributed by atoms with E-state index < -0.39 is 0 Å². The number of amides is 1. The molecular formula is C12H20N4O. The molecule has 2 N–H and O–H groups in total. The molecule has 5 heteroatoms. The number of carbonyl (C=O) groups excluding carboxylic acids is 1. The highest BCUT2D eigenvalue weighted by Crippen LogP contribution is 2.05. The fourth-order valence-electron chi connectivity index (χ4n) is 2.14. The van der Waals surface area contributed by atoms with Crippen LogP contribution in [0.3, 0.4) is 0 Å². The van der Waals surface area contributed by atoms with E-state index in [1.807, 2.05) is 12.4 Å². The van der Waals surface area contributed by atoms with Gasteiger partial charge in [-0.1, -0.05) is 6.92 Å². The average molecular weight is 236 g/mol. The molecule has 2 heterocycles. The van der Waals surface area contributed by atoms with E-state index in [0.29, 0.717) is 6.42 Å². The molecule has 5 nitrogen and oxygen atoms in total. The van der Waals surface area contributed by atoms with Crippen molar-refractivity contribution in [2.45, 2.75) is 45.3 Å². The Kier molecular flexibility index (Phi) is 4.14. The molecule has 94 valence electrons. The second-order valence-corrected chi connectivity index (χ2v) is 4.47. The number of aryl methyl sites for hydroxylation is 1. The Morgan fingerprint density at radius 3 is 3.24 bits per heavy atom. The number of carbonyl (C=O) groups is 1. The lowest BCUT2D eigenvalue weighted by molar-refractivity contribution is -0.119. The minimum Gasteiger partial charge on any atom is -0.352 e. The maximum absolute atomic E-state index is 11.0. The average Bonchev–Trinajstić information content (AvgIpc) is 2.90. The van der Waals surface area contributed by atoms with Gasteiger partial charge in [0.1, 0.15) is 5.82 Å². The normalized spacial score (nSPS) is 19.6. The van der Waals surface area contributed by atoms with Crippen molar-refractivity contribution in [2.24, 2.45) is 0 Å². The van der Waals surface area contributed by atoms with Gasteiger partial charge in [0.15, 0.2) is 0 Å². The van der Waals surface area contributed by atoms with E-state index >= 15 is 0 Å². The molecule has 17 heavy (non-hydrogen) atoms. The molecule has 1 atom stereocenters. The molecule has 1 amide bonds. The monoisotopic (exact) mass is 236 g/mol. The lowest BCUT2D eigenvalue weighted by Gasteiger charge is -2.12. The highest BCUT2D eigenvalue weighted by atomic mass is 16.1. The number of nitrogens with zero attached hydrogens (tertiary/aromatic N) is 2. The predicted molar refractivity (Wildman–Crippen MR) is 65.4 cm³/mol. The van der Waals surface area contributed by atoms with E-state index in [1.54, 1.807) is 0 Å². The van der Waals surface area contributed by atoms with E-state index in [2.05, 4.69) is 27.1 Å². The standard InChI is InChI=1S/C12H20N4O/c1-2-6-16-7-5-14-11(16)9-13-8-10-3-4-12(17)15-10/h5,7,10,13H,2-4,6,8-9H2,1H3,(H,15,17). The minimum atomic E-state index is 0.171. The molecular weight excluding hydrogens is 216 g/mol. The van der Waals surface area contributed by atoms with E-state index in [1.165, 1.54) is 0 Å². The van der Waals surface area contributed by atoms with Crippen LogP contribution in [0.4, 0.5) is 0 Å². The molecule has 2 rings (SSSR count). The highest BCUT2D eigenvalue weighted by molar-refractivity contribution is 5.78. The number of aromatic nitrogens is 2. The molecule has 0 aromatic carbocycles. The van der Waals surface area contributed by atoms with Gasteiger partial charge in [-0.15, -0.1) is 0 Å². The van der Waals surface area contributed by atoms with Crippen LogP contribution in [0.2, 0.25) is 0 Å². The summed E-state index contributed by atoms with van der Waals surface area (Å²) in [5.41, 5.74) is 0. The van der Waals surface area contributed by atoms with Gasteiger partial charge in [0, 0.05) is 37.9 Å². The van der Waals surface area contributed by atoms with Crippen LogP contribution in [0.25, 0.3) is 0 Å². The summed E-state index contributed by atoms with van der Waals surface area (Å²) in [7, 11) is 0. The molecule has 0 saturated carbocycles. The van der Waals surface area contributed by atoms with E-state index in [4.69, 9.17) is 0 Å². The number of imidazole rings is 1. The number of hydrogen-bond donors (Lipinski definition) is 2. The zero-order chi connectivity index (χ0) is 12.1.